The molecule has 1 aliphatic heterocycles. The lowest BCUT2D eigenvalue weighted by atomic mass is 9.94. The minimum Gasteiger partial charge on any atom is -0.383 e. The Morgan fingerprint density at radius 3 is 2.74 bits per heavy atom. The summed E-state index contributed by atoms with van der Waals surface area (Å²) in [5, 5.41) is 0. The van der Waals surface area contributed by atoms with Gasteiger partial charge in [0.15, 0.2) is 0 Å². The van der Waals surface area contributed by atoms with Gasteiger partial charge in [-0.3, -0.25) is 4.79 Å². The van der Waals surface area contributed by atoms with Crippen molar-refractivity contribution in [3.8, 4) is 0 Å². The number of hydrogen-bond acceptors (Lipinski definition) is 3. The third-order valence-corrected chi connectivity index (χ3v) is 3.45. The van der Waals surface area contributed by atoms with Gasteiger partial charge in [-0.25, -0.2) is 0 Å². The van der Waals surface area contributed by atoms with Crippen molar-refractivity contribution in [2.24, 2.45) is 5.73 Å². The molecule has 4 nitrogen and oxygen atoms in total. The molecule has 1 aromatic rings. The summed E-state index contributed by atoms with van der Waals surface area (Å²) in [7, 11) is 1.56. The van der Waals surface area contributed by atoms with E-state index in [4.69, 9.17) is 10.5 Å². The van der Waals surface area contributed by atoms with E-state index >= 15 is 0 Å². The van der Waals surface area contributed by atoms with Crippen LogP contribution in [0.1, 0.15) is 18.1 Å². The maximum absolute atomic E-state index is 12.2. The topological polar surface area (TPSA) is 55.6 Å². The Balaban J connectivity index is 0.00000180. The first-order chi connectivity index (χ1) is 8.63. The maximum Gasteiger partial charge on any atom is 0.242 e. The zero-order valence-corrected chi connectivity index (χ0v) is 12.2. The number of fused-ring (bicyclic) bond motifs is 1. The molecule has 2 N–H and O–H groups in total. The van der Waals surface area contributed by atoms with E-state index in [0.717, 1.165) is 6.42 Å². The number of methoxy groups -OCH3 is 1. The van der Waals surface area contributed by atoms with E-state index in [2.05, 4.69) is 19.1 Å². The minimum atomic E-state index is -0.567. The fourth-order valence-corrected chi connectivity index (χ4v) is 2.44. The first kappa shape index (κ1) is 16.0. The molecule has 2 atom stereocenters. The van der Waals surface area contributed by atoms with Gasteiger partial charge in [0.1, 0.15) is 6.04 Å². The average Bonchev–Trinajstić information content (AvgIpc) is 2.37. The van der Waals surface area contributed by atoms with Crippen LogP contribution in [0.3, 0.4) is 0 Å². The van der Waals surface area contributed by atoms with Crippen molar-refractivity contribution in [3.05, 3.63) is 35.4 Å². The van der Waals surface area contributed by atoms with Crippen LogP contribution < -0.4 is 5.73 Å². The normalized spacial score (nSPS) is 19.3. The lowest BCUT2D eigenvalue weighted by Crippen LogP contribution is -2.51. The van der Waals surface area contributed by atoms with Crippen LogP contribution in [0.25, 0.3) is 0 Å². The van der Waals surface area contributed by atoms with Crippen LogP contribution in [-0.2, 0) is 22.5 Å². The predicted molar refractivity (Wildman–Crippen MR) is 77.3 cm³/mol. The zero-order valence-electron chi connectivity index (χ0n) is 11.3. The molecule has 106 valence electrons. The van der Waals surface area contributed by atoms with Crippen molar-refractivity contribution < 1.29 is 9.53 Å². The summed E-state index contributed by atoms with van der Waals surface area (Å²) in [5.74, 6) is -0.0288. The lowest BCUT2D eigenvalue weighted by Gasteiger charge is -2.36. The van der Waals surface area contributed by atoms with Crippen LogP contribution in [0.5, 0.6) is 0 Å². The second kappa shape index (κ2) is 6.89. The number of carbonyl (C=O) groups is 1. The van der Waals surface area contributed by atoms with Gasteiger partial charge in [0.2, 0.25) is 5.91 Å². The maximum atomic E-state index is 12.2. The predicted octanol–water partition coefficient (Wildman–Crippen LogP) is 1.36. The Hall–Kier alpha value is -1.10. The van der Waals surface area contributed by atoms with Crippen molar-refractivity contribution in [2.45, 2.75) is 32.0 Å². The lowest BCUT2D eigenvalue weighted by molar-refractivity contribution is -0.136. The van der Waals surface area contributed by atoms with E-state index < -0.39 is 6.04 Å². The van der Waals surface area contributed by atoms with Crippen molar-refractivity contribution in [3.63, 3.8) is 0 Å². The fraction of sp³-hybridized carbons (Fsp3) is 0.500. The van der Waals surface area contributed by atoms with E-state index in [-0.39, 0.29) is 31.0 Å². The summed E-state index contributed by atoms with van der Waals surface area (Å²) in [5.41, 5.74) is 8.37. The molecule has 0 saturated heterocycles. The highest BCUT2D eigenvalue weighted by Gasteiger charge is 2.29. The minimum absolute atomic E-state index is 0. The quantitative estimate of drug-likeness (QED) is 0.912. The van der Waals surface area contributed by atoms with Gasteiger partial charge in [-0.15, -0.1) is 12.4 Å². The standard InChI is InChI=1S/C14H20N2O2.ClH/c1-10-7-11-5-3-4-6-12(11)8-16(10)14(17)13(15)9-18-2;/h3-6,10,13H,7-9,15H2,1-2H3;1H. The molecule has 1 heterocycles. The van der Waals surface area contributed by atoms with Crippen LogP contribution in [0, 0.1) is 0 Å². The van der Waals surface area contributed by atoms with E-state index in [1.54, 1.807) is 7.11 Å². The van der Waals surface area contributed by atoms with Crippen LogP contribution in [0.2, 0.25) is 0 Å². The van der Waals surface area contributed by atoms with Crippen molar-refractivity contribution in [2.75, 3.05) is 13.7 Å². The van der Waals surface area contributed by atoms with Gasteiger partial charge >= 0.3 is 0 Å². The first-order valence-electron chi connectivity index (χ1n) is 6.25. The Kier molecular flexibility index (Phi) is 5.79. The van der Waals surface area contributed by atoms with Crippen LogP contribution in [0.15, 0.2) is 24.3 Å². The average molecular weight is 285 g/mol. The highest BCUT2D eigenvalue weighted by Crippen LogP contribution is 2.23. The number of halogens is 1. The van der Waals surface area contributed by atoms with Crippen molar-refractivity contribution >= 4 is 18.3 Å². The second-order valence-electron chi connectivity index (χ2n) is 4.85. The largest absolute Gasteiger partial charge is 0.383 e. The molecule has 0 spiro atoms. The third-order valence-electron chi connectivity index (χ3n) is 3.45. The van der Waals surface area contributed by atoms with Crippen LogP contribution in [-0.4, -0.2) is 36.6 Å². The van der Waals surface area contributed by atoms with Crippen LogP contribution in [0.4, 0.5) is 0 Å². The number of ether oxygens (including phenoxy) is 1. The molecule has 0 radical (unpaired) electrons. The van der Waals surface area contributed by atoms with E-state index in [1.807, 2.05) is 17.0 Å². The molecule has 0 saturated carbocycles. The summed E-state index contributed by atoms with van der Waals surface area (Å²) in [4.78, 5) is 14.1. The SMILES string of the molecule is COCC(N)C(=O)N1Cc2ccccc2CC1C.Cl. The summed E-state index contributed by atoms with van der Waals surface area (Å²) < 4.78 is 4.95. The number of rotatable bonds is 3. The van der Waals surface area contributed by atoms with Gasteiger partial charge in [-0.05, 0) is 24.5 Å². The number of hydrogen-bond donors (Lipinski definition) is 1. The van der Waals surface area contributed by atoms with Gasteiger partial charge in [0.25, 0.3) is 0 Å². The Morgan fingerprint density at radius 1 is 1.47 bits per heavy atom. The number of amides is 1. The smallest absolute Gasteiger partial charge is 0.242 e. The van der Waals surface area contributed by atoms with Crippen molar-refractivity contribution in [1.82, 2.24) is 4.90 Å². The Labute approximate surface area is 120 Å². The molecule has 1 aliphatic rings. The van der Waals surface area contributed by atoms with Gasteiger partial charge < -0.3 is 15.4 Å². The van der Waals surface area contributed by atoms with Gasteiger partial charge in [-0.1, -0.05) is 24.3 Å². The van der Waals surface area contributed by atoms with Gasteiger partial charge in [-0.2, -0.15) is 0 Å². The molecular formula is C14H21ClN2O2. The van der Waals surface area contributed by atoms with E-state index in [0.29, 0.717) is 6.54 Å². The van der Waals surface area contributed by atoms with E-state index in [1.165, 1.54) is 11.1 Å². The van der Waals surface area contributed by atoms with Gasteiger partial charge in [0, 0.05) is 19.7 Å². The molecule has 0 bridgehead atoms. The highest BCUT2D eigenvalue weighted by molar-refractivity contribution is 5.85. The number of nitrogens with two attached hydrogens (primary N) is 1. The molecule has 0 fully saturated rings. The molecule has 0 aromatic heterocycles. The Bertz CT molecular complexity index is 439. The second-order valence-corrected chi connectivity index (χ2v) is 4.85. The molecular weight excluding hydrogens is 264 g/mol. The highest BCUT2D eigenvalue weighted by atomic mass is 35.5. The van der Waals surface area contributed by atoms with Crippen molar-refractivity contribution in [1.29, 1.82) is 0 Å². The zero-order chi connectivity index (χ0) is 13.1. The summed E-state index contributed by atoms with van der Waals surface area (Å²) in [6, 6.07) is 7.87. The number of benzene rings is 1. The molecule has 1 amide bonds. The molecule has 2 rings (SSSR count). The molecule has 5 heteroatoms. The molecule has 0 aliphatic carbocycles. The van der Waals surface area contributed by atoms with E-state index in [9.17, 15) is 4.79 Å². The van der Waals surface area contributed by atoms with Gasteiger partial charge in [0.05, 0.1) is 6.61 Å². The first-order valence-corrected chi connectivity index (χ1v) is 6.25. The Morgan fingerprint density at radius 2 is 2.11 bits per heavy atom. The third kappa shape index (κ3) is 3.47. The fourth-order valence-electron chi connectivity index (χ4n) is 2.44. The monoisotopic (exact) mass is 284 g/mol. The van der Waals surface area contributed by atoms with Crippen LogP contribution >= 0.6 is 12.4 Å². The summed E-state index contributed by atoms with van der Waals surface area (Å²) >= 11 is 0. The summed E-state index contributed by atoms with van der Waals surface area (Å²) in [6.45, 7) is 2.98. The molecule has 1 aromatic carbocycles. The summed E-state index contributed by atoms with van der Waals surface area (Å²) in [6.07, 6.45) is 0.890. The molecule has 19 heavy (non-hydrogen) atoms. The molecule has 2 unspecified atom stereocenters. The number of carbonyl (C=O) groups excluding carboxylic acids is 1. The number of nitrogens with zero attached hydrogens (tertiary/aromatic N) is 1.